The van der Waals surface area contributed by atoms with Crippen molar-refractivity contribution in [2.75, 3.05) is 7.05 Å². The highest BCUT2D eigenvalue weighted by atomic mass is 16.1. The Bertz CT molecular complexity index is 546. The zero-order chi connectivity index (χ0) is 13.0. The summed E-state index contributed by atoms with van der Waals surface area (Å²) in [5, 5.41) is 2.67. The van der Waals surface area contributed by atoms with Crippen molar-refractivity contribution in [2.24, 2.45) is 0 Å². The number of amides is 1. The molecule has 2 aromatic carbocycles. The van der Waals surface area contributed by atoms with E-state index in [-0.39, 0.29) is 5.91 Å². The second-order valence-corrected chi connectivity index (χ2v) is 4.38. The Morgan fingerprint density at radius 3 is 2.50 bits per heavy atom. The Balaban J connectivity index is 2.44. The molecule has 92 valence electrons. The normalized spacial score (nSPS) is 10.1. The number of hydrogen-bond acceptors (Lipinski definition) is 1. The average molecular weight is 239 g/mol. The fraction of sp³-hybridized carbons (Fsp3) is 0.188. The standard InChI is InChI=1S/C16H17NO/c1-12-8-9-15(13-6-4-3-5-7-13)14(10-12)11-16(18)17-2/h3-10H,11H2,1-2H3,(H,17,18). The van der Waals surface area contributed by atoms with Gasteiger partial charge < -0.3 is 5.32 Å². The minimum Gasteiger partial charge on any atom is -0.359 e. The van der Waals surface area contributed by atoms with E-state index in [0.717, 1.165) is 16.7 Å². The molecular weight excluding hydrogens is 222 g/mol. The number of aryl methyl sites for hydroxylation is 1. The molecule has 0 unspecified atom stereocenters. The first-order valence-corrected chi connectivity index (χ1v) is 6.06. The van der Waals surface area contributed by atoms with Crippen LogP contribution in [0.4, 0.5) is 0 Å². The lowest BCUT2D eigenvalue weighted by atomic mass is 9.96. The van der Waals surface area contributed by atoms with Crippen LogP contribution in [0.2, 0.25) is 0 Å². The van der Waals surface area contributed by atoms with Crippen LogP contribution in [-0.2, 0) is 11.2 Å². The van der Waals surface area contributed by atoms with Gasteiger partial charge in [-0.3, -0.25) is 4.79 Å². The average Bonchev–Trinajstić information content (AvgIpc) is 2.40. The van der Waals surface area contributed by atoms with Crippen molar-refractivity contribution < 1.29 is 4.79 Å². The quantitative estimate of drug-likeness (QED) is 0.876. The number of carbonyl (C=O) groups excluding carboxylic acids is 1. The van der Waals surface area contributed by atoms with Crippen molar-refractivity contribution in [1.82, 2.24) is 5.32 Å². The monoisotopic (exact) mass is 239 g/mol. The summed E-state index contributed by atoms with van der Waals surface area (Å²) < 4.78 is 0. The van der Waals surface area contributed by atoms with E-state index in [1.54, 1.807) is 7.05 Å². The first-order valence-electron chi connectivity index (χ1n) is 6.06. The van der Waals surface area contributed by atoms with Crippen LogP contribution in [0, 0.1) is 6.92 Å². The van der Waals surface area contributed by atoms with Gasteiger partial charge in [-0.15, -0.1) is 0 Å². The van der Waals surface area contributed by atoms with Crippen molar-refractivity contribution in [3.63, 3.8) is 0 Å². The molecule has 2 nitrogen and oxygen atoms in total. The van der Waals surface area contributed by atoms with E-state index >= 15 is 0 Å². The minimum atomic E-state index is 0.0396. The Morgan fingerprint density at radius 1 is 1.11 bits per heavy atom. The molecule has 0 aliphatic carbocycles. The van der Waals surface area contributed by atoms with Crippen LogP contribution >= 0.6 is 0 Å². The molecular formula is C16H17NO. The predicted octanol–water partition coefficient (Wildman–Crippen LogP) is 2.95. The van der Waals surface area contributed by atoms with Crippen molar-refractivity contribution >= 4 is 5.91 Å². The molecule has 2 rings (SSSR count). The highest BCUT2D eigenvalue weighted by Crippen LogP contribution is 2.25. The van der Waals surface area contributed by atoms with Gasteiger partial charge in [-0.1, -0.05) is 54.1 Å². The number of likely N-dealkylation sites (N-methyl/N-ethyl adjacent to an activating group) is 1. The molecule has 0 aliphatic heterocycles. The van der Waals surface area contributed by atoms with Crippen LogP contribution < -0.4 is 5.32 Å². The third-order valence-electron chi connectivity index (χ3n) is 2.98. The topological polar surface area (TPSA) is 29.1 Å². The van der Waals surface area contributed by atoms with E-state index in [0.29, 0.717) is 6.42 Å². The van der Waals surface area contributed by atoms with Crippen LogP contribution in [0.5, 0.6) is 0 Å². The molecule has 0 atom stereocenters. The van der Waals surface area contributed by atoms with E-state index in [1.165, 1.54) is 5.56 Å². The Labute approximate surface area is 108 Å². The molecule has 2 aromatic rings. The smallest absolute Gasteiger partial charge is 0.224 e. The largest absolute Gasteiger partial charge is 0.359 e. The molecule has 0 heterocycles. The fourth-order valence-corrected chi connectivity index (χ4v) is 2.03. The first kappa shape index (κ1) is 12.4. The Kier molecular flexibility index (Phi) is 3.78. The summed E-state index contributed by atoms with van der Waals surface area (Å²) in [4.78, 5) is 11.6. The molecule has 0 bridgehead atoms. The third kappa shape index (κ3) is 2.77. The number of carbonyl (C=O) groups is 1. The summed E-state index contributed by atoms with van der Waals surface area (Å²) in [5.41, 5.74) is 4.52. The summed E-state index contributed by atoms with van der Waals surface area (Å²) in [6.45, 7) is 2.04. The van der Waals surface area contributed by atoms with Gasteiger partial charge in [-0.25, -0.2) is 0 Å². The van der Waals surface area contributed by atoms with Crippen molar-refractivity contribution in [2.45, 2.75) is 13.3 Å². The fourth-order valence-electron chi connectivity index (χ4n) is 2.03. The highest BCUT2D eigenvalue weighted by Gasteiger charge is 2.08. The minimum absolute atomic E-state index is 0.0396. The number of hydrogen-bond donors (Lipinski definition) is 1. The summed E-state index contributed by atoms with van der Waals surface area (Å²) in [6, 6.07) is 16.4. The number of nitrogens with one attached hydrogen (secondary N) is 1. The molecule has 0 radical (unpaired) electrons. The summed E-state index contributed by atoms with van der Waals surface area (Å²) >= 11 is 0. The Morgan fingerprint density at radius 2 is 1.83 bits per heavy atom. The van der Waals surface area contributed by atoms with Crippen molar-refractivity contribution in [1.29, 1.82) is 0 Å². The zero-order valence-electron chi connectivity index (χ0n) is 10.7. The molecule has 2 heteroatoms. The van der Waals surface area contributed by atoms with E-state index in [9.17, 15) is 4.79 Å². The third-order valence-corrected chi connectivity index (χ3v) is 2.98. The van der Waals surface area contributed by atoms with Crippen LogP contribution in [0.15, 0.2) is 48.5 Å². The maximum Gasteiger partial charge on any atom is 0.224 e. The van der Waals surface area contributed by atoms with Gasteiger partial charge >= 0.3 is 0 Å². The van der Waals surface area contributed by atoms with Gasteiger partial charge in [0.15, 0.2) is 0 Å². The number of benzene rings is 2. The molecule has 0 aromatic heterocycles. The summed E-state index contributed by atoms with van der Waals surface area (Å²) in [5.74, 6) is 0.0396. The second kappa shape index (κ2) is 5.50. The van der Waals surface area contributed by atoms with E-state index in [4.69, 9.17) is 0 Å². The van der Waals surface area contributed by atoms with Gasteiger partial charge in [-0.2, -0.15) is 0 Å². The van der Waals surface area contributed by atoms with Crippen LogP contribution in [0.25, 0.3) is 11.1 Å². The lowest BCUT2D eigenvalue weighted by Crippen LogP contribution is -2.20. The van der Waals surface area contributed by atoms with Gasteiger partial charge in [0.25, 0.3) is 0 Å². The van der Waals surface area contributed by atoms with Crippen LogP contribution in [-0.4, -0.2) is 13.0 Å². The highest BCUT2D eigenvalue weighted by molar-refractivity contribution is 5.81. The summed E-state index contributed by atoms with van der Waals surface area (Å²) in [6.07, 6.45) is 0.419. The Hall–Kier alpha value is -2.09. The van der Waals surface area contributed by atoms with E-state index in [2.05, 4.69) is 35.6 Å². The molecule has 0 saturated heterocycles. The first-order chi connectivity index (χ1) is 8.70. The predicted molar refractivity (Wildman–Crippen MR) is 74.4 cm³/mol. The van der Waals surface area contributed by atoms with Crippen molar-refractivity contribution in [3.8, 4) is 11.1 Å². The van der Waals surface area contributed by atoms with Gasteiger partial charge in [0.1, 0.15) is 0 Å². The molecule has 1 amide bonds. The lowest BCUT2D eigenvalue weighted by Gasteiger charge is -2.10. The van der Waals surface area contributed by atoms with Gasteiger partial charge in [0.2, 0.25) is 5.91 Å². The zero-order valence-corrected chi connectivity index (χ0v) is 10.7. The SMILES string of the molecule is CNC(=O)Cc1cc(C)ccc1-c1ccccc1. The van der Waals surface area contributed by atoms with Gasteiger partial charge in [-0.05, 0) is 23.6 Å². The maximum absolute atomic E-state index is 11.6. The van der Waals surface area contributed by atoms with E-state index in [1.807, 2.05) is 25.1 Å². The molecule has 0 saturated carbocycles. The van der Waals surface area contributed by atoms with Gasteiger partial charge in [0, 0.05) is 7.05 Å². The maximum atomic E-state index is 11.6. The summed E-state index contributed by atoms with van der Waals surface area (Å²) in [7, 11) is 1.67. The number of rotatable bonds is 3. The lowest BCUT2D eigenvalue weighted by molar-refractivity contribution is -0.119. The van der Waals surface area contributed by atoms with Crippen molar-refractivity contribution in [3.05, 3.63) is 59.7 Å². The van der Waals surface area contributed by atoms with Crippen LogP contribution in [0.3, 0.4) is 0 Å². The van der Waals surface area contributed by atoms with Crippen LogP contribution in [0.1, 0.15) is 11.1 Å². The van der Waals surface area contributed by atoms with E-state index < -0.39 is 0 Å². The molecule has 18 heavy (non-hydrogen) atoms. The second-order valence-electron chi connectivity index (χ2n) is 4.38. The van der Waals surface area contributed by atoms with Gasteiger partial charge in [0.05, 0.1) is 6.42 Å². The molecule has 0 fully saturated rings. The molecule has 1 N–H and O–H groups in total. The molecule has 0 aliphatic rings. The molecule has 0 spiro atoms.